The Labute approximate surface area is 107 Å². The second-order valence-electron chi connectivity index (χ2n) is 5.39. The van der Waals surface area contributed by atoms with Gasteiger partial charge in [-0.25, -0.2) is 4.39 Å². The van der Waals surface area contributed by atoms with Crippen molar-refractivity contribution in [3.63, 3.8) is 0 Å². The Balaban J connectivity index is 1.84. The first kappa shape index (κ1) is 11.9. The van der Waals surface area contributed by atoms with Crippen LogP contribution in [0.5, 0.6) is 0 Å². The molecule has 2 aliphatic rings. The maximum atomic E-state index is 13.2. The minimum atomic E-state index is -0.301. The van der Waals surface area contributed by atoms with E-state index in [1.54, 1.807) is 6.07 Å². The molecule has 4 heteroatoms. The van der Waals surface area contributed by atoms with Gasteiger partial charge in [-0.1, -0.05) is 6.07 Å². The molecule has 0 radical (unpaired) electrons. The molecule has 98 valence electrons. The van der Waals surface area contributed by atoms with Gasteiger partial charge in [-0.15, -0.1) is 0 Å². The fourth-order valence-electron chi connectivity index (χ4n) is 3.45. The first-order chi connectivity index (χ1) is 8.73. The molecule has 0 bridgehead atoms. The van der Waals surface area contributed by atoms with Crippen LogP contribution in [-0.2, 0) is 0 Å². The lowest BCUT2D eigenvalue weighted by Crippen LogP contribution is -2.50. The molecule has 2 N–H and O–H groups in total. The van der Waals surface area contributed by atoms with E-state index in [1.807, 2.05) is 6.07 Å². The van der Waals surface area contributed by atoms with Gasteiger partial charge < -0.3 is 10.4 Å². The number of fused-ring (bicyclic) bond motifs is 1. The number of rotatable bonds is 3. The van der Waals surface area contributed by atoms with Crippen LogP contribution in [0.3, 0.4) is 0 Å². The van der Waals surface area contributed by atoms with Gasteiger partial charge in [0.15, 0.2) is 0 Å². The lowest BCUT2D eigenvalue weighted by Gasteiger charge is -2.35. The minimum Gasteiger partial charge on any atom is -0.394 e. The molecule has 0 spiro atoms. The third-order valence-electron chi connectivity index (χ3n) is 4.35. The topological polar surface area (TPSA) is 35.5 Å². The molecule has 0 amide bonds. The molecule has 3 nitrogen and oxygen atoms in total. The highest BCUT2D eigenvalue weighted by Crippen LogP contribution is 2.38. The van der Waals surface area contributed by atoms with E-state index in [0.29, 0.717) is 6.04 Å². The highest BCUT2D eigenvalue weighted by Gasteiger charge is 2.48. The number of aliphatic hydroxyl groups excluding tert-OH is 1. The number of benzene rings is 1. The van der Waals surface area contributed by atoms with Crippen LogP contribution < -0.4 is 5.32 Å². The van der Waals surface area contributed by atoms with E-state index >= 15 is 0 Å². The molecular formula is C14H19FN2O. The van der Waals surface area contributed by atoms with Crippen molar-refractivity contribution in [3.05, 3.63) is 30.1 Å². The van der Waals surface area contributed by atoms with Gasteiger partial charge in [0.25, 0.3) is 0 Å². The number of hydrogen-bond donors (Lipinski definition) is 2. The number of halogens is 1. The van der Waals surface area contributed by atoms with E-state index in [9.17, 15) is 9.50 Å². The van der Waals surface area contributed by atoms with E-state index < -0.39 is 0 Å². The van der Waals surface area contributed by atoms with Crippen LogP contribution >= 0.6 is 0 Å². The summed E-state index contributed by atoms with van der Waals surface area (Å²) in [6, 6.07) is 6.87. The predicted octanol–water partition coefficient (Wildman–Crippen LogP) is 1.84. The lowest BCUT2D eigenvalue weighted by molar-refractivity contribution is 0.175. The summed E-state index contributed by atoms with van der Waals surface area (Å²) in [5.41, 5.74) is 0.461. The van der Waals surface area contributed by atoms with Gasteiger partial charge in [0.05, 0.1) is 12.1 Å². The molecule has 2 saturated heterocycles. The summed E-state index contributed by atoms with van der Waals surface area (Å²) in [6.07, 6.45) is 3.23. The monoisotopic (exact) mass is 250 g/mol. The summed E-state index contributed by atoms with van der Waals surface area (Å²) in [5.74, 6) is -0.241. The van der Waals surface area contributed by atoms with E-state index in [1.165, 1.54) is 18.6 Å². The van der Waals surface area contributed by atoms with Crippen molar-refractivity contribution in [2.24, 2.45) is 0 Å². The Bertz CT molecular complexity index is 440. The van der Waals surface area contributed by atoms with Crippen molar-refractivity contribution in [2.45, 2.75) is 30.8 Å². The average Bonchev–Trinajstić information content (AvgIpc) is 2.93. The van der Waals surface area contributed by atoms with Crippen LogP contribution in [0.15, 0.2) is 24.3 Å². The molecule has 0 aliphatic carbocycles. The van der Waals surface area contributed by atoms with E-state index in [2.05, 4.69) is 10.2 Å². The van der Waals surface area contributed by atoms with Crippen LogP contribution in [0.1, 0.15) is 19.3 Å². The summed E-state index contributed by atoms with van der Waals surface area (Å²) in [4.78, 5) is 2.43. The largest absolute Gasteiger partial charge is 0.394 e. The SMILES string of the molecule is OCC1(Nc2cccc(F)c2)CCN2CCCC21. The Hall–Kier alpha value is -1.13. The van der Waals surface area contributed by atoms with Gasteiger partial charge in [0.2, 0.25) is 0 Å². The number of anilines is 1. The Morgan fingerprint density at radius 1 is 1.44 bits per heavy atom. The van der Waals surface area contributed by atoms with E-state index in [4.69, 9.17) is 0 Å². The standard InChI is InChI=1S/C14H19FN2O/c15-11-3-1-4-12(9-11)16-14(10-18)6-8-17-7-2-5-13(14)17/h1,3-4,9,13,16,18H,2,5-8,10H2. The van der Waals surface area contributed by atoms with Crippen molar-refractivity contribution in [3.8, 4) is 0 Å². The molecule has 2 unspecified atom stereocenters. The average molecular weight is 250 g/mol. The maximum Gasteiger partial charge on any atom is 0.125 e. The minimum absolute atomic E-state index is 0.102. The molecule has 0 saturated carbocycles. The summed E-state index contributed by atoms with van der Waals surface area (Å²) < 4.78 is 13.2. The third-order valence-corrected chi connectivity index (χ3v) is 4.35. The Morgan fingerprint density at radius 3 is 3.11 bits per heavy atom. The Morgan fingerprint density at radius 2 is 2.33 bits per heavy atom. The molecule has 1 aromatic rings. The fourth-order valence-corrected chi connectivity index (χ4v) is 3.45. The summed E-state index contributed by atoms with van der Waals surface area (Å²) in [5, 5.41) is 13.2. The highest BCUT2D eigenvalue weighted by molar-refractivity contribution is 5.47. The second-order valence-corrected chi connectivity index (χ2v) is 5.39. The summed E-state index contributed by atoms with van der Waals surface area (Å²) in [6.45, 7) is 2.25. The van der Waals surface area contributed by atoms with Gasteiger partial charge in [-0.2, -0.15) is 0 Å². The number of nitrogens with zero attached hydrogens (tertiary/aromatic N) is 1. The number of aliphatic hydroxyl groups is 1. The molecule has 3 rings (SSSR count). The first-order valence-corrected chi connectivity index (χ1v) is 6.62. The molecule has 2 heterocycles. The zero-order chi connectivity index (χ0) is 12.6. The van der Waals surface area contributed by atoms with Crippen molar-refractivity contribution < 1.29 is 9.50 Å². The highest BCUT2D eigenvalue weighted by atomic mass is 19.1. The van der Waals surface area contributed by atoms with Gasteiger partial charge in [0, 0.05) is 18.3 Å². The Kier molecular flexibility index (Phi) is 2.99. The van der Waals surface area contributed by atoms with Crippen molar-refractivity contribution in [2.75, 3.05) is 25.0 Å². The molecule has 1 aromatic carbocycles. The van der Waals surface area contributed by atoms with Gasteiger partial charge >= 0.3 is 0 Å². The van der Waals surface area contributed by atoms with Crippen LogP contribution in [-0.4, -0.2) is 41.3 Å². The normalized spacial score (nSPS) is 31.6. The zero-order valence-electron chi connectivity index (χ0n) is 10.4. The second kappa shape index (κ2) is 4.52. The van der Waals surface area contributed by atoms with Crippen molar-refractivity contribution in [1.29, 1.82) is 0 Å². The van der Waals surface area contributed by atoms with Crippen molar-refractivity contribution in [1.82, 2.24) is 4.90 Å². The van der Waals surface area contributed by atoms with Crippen molar-refractivity contribution >= 4 is 5.69 Å². The van der Waals surface area contributed by atoms with Crippen LogP contribution in [0, 0.1) is 5.82 Å². The zero-order valence-corrected chi connectivity index (χ0v) is 10.4. The predicted molar refractivity (Wildman–Crippen MR) is 69.1 cm³/mol. The summed E-state index contributed by atoms with van der Waals surface area (Å²) in [7, 11) is 0. The maximum absolute atomic E-state index is 13.2. The number of hydrogen-bond acceptors (Lipinski definition) is 3. The van der Waals surface area contributed by atoms with Gasteiger partial charge in [0.1, 0.15) is 5.82 Å². The van der Waals surface area contributed by atoms with Gasteiger partial charge in [-0.05, 0) is 44.0 Å². The van der Waals surface area contributed by atoms with Gasteiger partial charge in [-0.3, -0.25) is 4.90 Å². The third kappa shape index (κ3) is 1.89. The fraction of sp³-hybridized carbons (Fsp3) is 0.571. The quantitative estimate of drug-likeness (QED) is 0.859. The summed E-state index contributed by atoms with van der Waals surface area (Å²) >= 11 is 0. The molecule has 2 atom stereocenters. The van der Waals surface area contributed by atoms with E-state index in [0.717, 1.165) is 31.6 Å². The molecule has 2 fully saturated rings. The first-order valence-electron chi connectivity index (χ1n) is 6.62. The van der Waals surface area contributed by atoms with Crippen LogP contribution in [0.25, 0.3) is 0 Å². The van der Waals surface area contributed by atoms with E-state index in [-0.39, 0.29) is 18.0 Å². The smallest absolute Gasteiger partial charge is 0.125 e. The molecule has 18 heavy (non-hydrogen) atoms. The lowest BCUT2D eigenvalue weighted by atomic mass is 9.89. The molecule has 2 aliphatic heterocycles. The molecular weight excluding hydrogens is 231 g/mol. The van der Waals surface area contributed by atoms with Crippen LogP contribution in [0.2, 0.25) is 0 Å². The number of nitrogens with one attached hydrogen (secondary N) is 1. The molecule has 0 aromatic heterocycles. The van der Waals surface area contributed by atoms with Crippen LogP contribution in [0.4, 0.5) is 10.1 Å².